The minimum absolute atomic E-state index is 0.930. The molecule has 3 rings (SSSR count). The van der Waals surface area contributed by atoms with Gasteiger partial charge in [0.05, 0.1) is 0 Å². The predicted octanol–water partition coefficient (Wildman–Crippen LogP) is 4.53. The molecule has 0 amide bonds. The van der Waals surface area contributed by atoms with E-state index in [-0.39, 0.29) is 0 Å². The minimum atomic E-state index is 0.930. The lowest BCUT2D eigenvalue weighted by atomic mass is 10.1. The standard InChI is InChI=1S/C20H24N2/c1-3-21(4-2)15-18-16-22(14-17-10-6-5-7-11-17)20-13-9-8-12-19(18)20/h5-13,16H,3-4,14-15H2,1-2H3. The van der Waals surface area contributed by atoms with E-state index in [1.54, 1.807) is 0 Å². The summed E-state index contributed by atoms with van der Waals surface area (Å²) >= 11 is 0. The number of para-hydroxylation sites is 1. The van der Waals surface area contributed by atoms with Gasteiger partial charge < -0.3 is 4.57 Å². The maximum Gasteiger partial charge on any atom is 0.0486 e. The van der Waals surface area contributed by atoms with Gasteiger partial charge >= 0.3 is 0 Å². The highest BCUT2D eigenvalue weighted by atomic mass is 15.1. The third-order valence-corrected chi connectivity index (χ3v) is 4.36. The van der Waals surface area contributed by atoms with E-state index in [1.165, 1.54) is 22.0 Å². The maximum absolute atomic E-state index is 2.47. The lowest BCUT2D eigenvalue weighted by molar-refractivity contribution is 0.296. The first-order valence-corrected chi connectivity index (χ1v) is 8.14. The molecule has 0 N–H and O–H groups in total. The van der Waals surface area contributed by atoms with Gasteiger partial charge in [0.1, 0.15) is 0 Å². The first kappa shape index (κ1) is 14.9. The molecule has 0 saturated heterocycles. The molecular formula is C20H24N2. The molecule has 2 nitrogen and oxygen atoms in total. The van der Waals surface area contributed by atoms with E-state index in [0.29, 0.717) is 0 Å². The van der Waals surface area contributed by atoms with Crippen molar-refractivity contribution in [3.8, 4) is 0 Å². The molecule has 0 radical (unpaired) electrons. The number of fused-ring (bicyclic) bond motifs is 1. The fourth-order valence-corrected chi connectivity index (χ4v) is 3.05. The molecule has 22 heavy (non-hydrogen) atoms. The van der Waals surface area contributed by atoms with Crippen molar-refractivity contribution in [2.24, 2.45) is 0 Å². The molecule has 2 heteroatoms. The van der Waals surface area contributed by atoms with Crippen molar-refractivity contribution < 1.29 is 0 Å². The molecule has 3 aromatic rings. The Bertz CT molecular complexity index is 724. The Morgan fingerprint density at radius 2 is 1.55 bits per heavy atom. The van der Waals surface area contributed by atoms with Crippen molar-refractivity contribution in [1.82, 2.24) is 9.47 Å². The van der Waals surface area contributed by atoms with Crippen LogP contribution in [-0.2, 0) is 13.1 Å². The van der Waals surface area contributed by atoms with Gasteiger partial charge in [-0.3, -0.25) is 4.90 Å². The summed E-state index contributed by atoms with van der Waals surface area (Å²) in [7, 11) is 0. The summed E-state index contributed by atoms with van der Waals surface area (Å²) in [4.78, 5) is 2.47. The number of benzene rings is 2. The Hall–Kier alpha value is -2.06. The minimum Gasteiger partial charge on any atom is -0.343 e. The van der Waals surface area contributed by atoms with Crippen LogP contribution >= 0.6 is 0 Å². The fraction of sp³-hybridized carbons (Fsp3) is 0.300. The van der Waals surface area contributed by atoms with Crippen molar-refractivity contribution in [1.29, 1.82) is 0 Å². The van der Waals surface area contributed by atoms with Crippen LogP contribution < -0.4 is 0 Å². The molecule has 0 aliphatic rings. The zero-order chi connectivity index (χ0) is 15.4. The van der Waals surface area contributed by atoms with Crippen LogP contribution in [0.5, 0.6) is 0 Å². The third kappa shape index (κ3) is 3.07. The molecule has 2 aromatic carbocycles. The van der Waals surface area contributed by atoms with Crippen LogP contribution in [0.1, 0.15) is 25.0 Å². The smallest absolute Gasteiger partial charge is 0.0486 e. The molecule has 0 unspecified atom stereocenters. The van der Waals surface area contributed by atoms with E-state index in [1.807, 2.05) is 0 Å². The van der Waals surface area contributed by atoms with Crippen LogP contribution in [0.4, 0.5) is 0 Å². The molecule has 0 bridgehead atoms. The summed E-state index contributed by atoms with van der Waals surface area (Å²) in [5.41, 5.74) is 4.10. The van der Waals surface area contributed by atoms with Gasteiger partial charge in [-0.2, -0.15) is 0 Å². The quantitative estimate of drug-likeness (QED) is 0.648. The van der Waals surface area contributed by atoms with E-state index in [2.05, 4.69) is 84.1 Å². The summed E-state index contributed by atoms with van der Waals surface area (Å²) in [6, 6.07) is 19.4. The second-order valence-electron chi connectivity index (χ2n) is 5.75. The van der Waals surface area contributed by atoms with Gasteiger partial charge in [-0.1, -0.05) is 62.4 Å². The van der Waals surface area contributed by atoms with Gasteiger partial charge in [-0.25, -0.2) is 0 Å². The number of aromatic nitrogens is 1. The van der Waals surface area contributed by atoms with Gasteiger partial charge in [0.2, 0.25) is 0 Å². The van der Waals surface area contributed by atoms with E-state index in [0.717, 1.165) is 26.2 Å². The zero-order valence-electron chi connectivity index (χ0n) is 13.5. The largest absolute Gasteiger partial charge is 0.343 e. The van der Waals surface area contributed by atoms with Crippen LogP contribution in [-0.4, -0.2) is 22.6 Å². The summed E-state index contributed by atoms with van der Waals surface area (Å²) in [6.07, 6.45) is 2.33. The molecule has 114 valence electrons. The first-order chi connectivity index (χ1) is 10.8. The Kier molecular flexibility index (Phi) is 4.59. The van der Waals surface area contributed by atoms with Gasteiger partial charge in [0, 0.05) is 30.2 Å². The third-order valence-electron chi connectivity index (χ3n) is 4.36. The van der Waals surface area contributed by atoms with Gasteiger partial charge in [-0.15, -0.1) is 0 Å². The first-order valence-electron chi connectivity index (χ1n) is 8.14. The van der Waals surface area contributed by atoms with Crippen molar-refractivity contribution >= 4 is 10.9 Å². The van der Waals surface area contributed by atoms with Crippen molar-refractivity contribution in [2.45, 2.75) is 26.9 Å². The topological polar surface area (TPSA) is 8.17 Å². The van der Waals surface area contributed by atoms with E-state index in [9.17, 15) is 0 Å². The second-order valence-corrected chi connectivity index (χ2v) is 5.75. The van der Waals surface area contributed by atoms with Crippen LogP contribution in [0.2, 0.25) is 0 Å². The predicted molar refractivity (Wildman–Crippen MR) is 94.1 cm³/mol. The zero-order valence-corrected chi connectivity index (χ0v) is 13.5. The molecule has 1 aromatic heterocycles. The summed E-state index contributed by atoms with van der Waals surface area (Å²) in [5.74, 6) is 0. The van der Waals surface area contributed by atoms with Gasteiger partial charge in [0.15, 0.2) is 0 Å². The highest BCUT2D eigenvalue weighted by Gasteiger charge is 2.10. The highest BCUT2D eigenvalue weighted by molar-refractivity contribution is 5.84. The molecule has 0 spiro atoms. The normalized spacial score (nSPS) is 11.4. The van der Waals surface area contributed by atoms with Crippen LogP contribution in [0.15, 0.2) is 60.8 Å². The number of hydrogen-bond acceptors (Lipinski definition) is 1. The second kappa shape index (κ2) is 6.80. The molecule has 0 atom stereocenters. The Morgan fingerprint density at radius 1 is 0.864 bits per heavy atom. The maximum atomic E-state index is 2.47. The lowest BCUT2D eigenvalue weighted by Gasteiger charge is -2.17. The molecular weight excluding hydrogens is 268 g/mol. The van der Waals surface area contributed by atoms with Gasteiger partial charge in [-0.05, 0) is 30.3 Å². The van der Waals surface area contributed by atoms with Gasteiger partial charge in [0.25, 0.3) is 0 Å². The summed E-state index contributed by atoms with van der Waals surface area (Å²) in [5, 5.41) is 1.38. The van der Waals surface area contributed by atoms with E-state index in [4.69, 9.17) is 0 Å². The van der Waals surface area contributed by atoms with Crippen molar-refractivity contribution in [2.75, 3.05) is 13.1 Å². The monoisotopic (exact) mass is 292 g/mol. The van der Waals surface area contributed by atoms with E-state index >= 15 is 0 Å². The fourth-order valence-electron chi connectivity index (χ4n) is 3.05. The molecule has 0 saturated carbocycles. The number of rotatable bonds is 6. The molecule has 0 fully saturated rings. The molecule has 0 aliphatic carbocycles. The summed E-state index contributed by atoms with van der Waals surface area (Å²) < 4.78 is 2.38. The van der Waals surface area contributed by atoms with Crippen LogP contribution in [0, 0.1) is 0 Å². The number of nitrogens with zero attached hydrogens (tertiary/aromatic N) is 2. The Morgan fingerprint density at radius 3 is 2.27 bits per heavy atom. The number of hydrogen-bond donors (Lipinski definition) is 0. The lowest BCUT2D eigenvalue weighted by Crippen LogP contribution is -2.21. The summed E-state index contributed by atoms with van der Waals surface area (Å²) in [6.45, 7) is 8.59. The van der Waals surface area contributed by atoms with E-state index < -0.39 is 0 Å². The van der Waals surface area contributed by atoms with Crippen molar-refractivity contribution in [3.05, 3.63) is 71.9 Å². The Balaban J connectivity index is 1.97. The molecule has 1 heterocycles. The highest BCUT2D eigenvalue weighted by Crippen LogP contribution is 2.23. The average Bonchev–Trinajstić information content (AvgIpc) is 2.91. The van der Waals surface area contributed by atoms with Crippen molar-refractivity contribution in [3.63, 3.8) is 0 Å². The van der Waals surface area contributed by atoms with Crippen LogP contribution in [0.3, 0.4) is 0 Å². The Labute approximate surface area is 133 Å². The van der Waals surface area contributed by atoms with Crippen LogP contribution in [0.25, 0.3) is 10.9 Å². The molecule has 0 aliphatic heterocycles. The SMILES string of the molecule is CCN(CC)Cc1cn(Cc2ccccc2)c2ccccc12. The average molecular weight is 292 g/mol.